The molecule has 0 amide bonds. The number of rotatable bonds is 8. The summed E-state index contributed by atoms with van der Waals surface area (Å²) in [7, 11) is 1.61. The van der Waals surface area contributed by atoms with Crippen molar-refractivity contribution in [3.63, 3.8) is 0 Å². The van der Waals surface area contributed by atoms with E-state index in [2.05, 4.69) is 29.2 Å². The Morgan fingerprint density at radius 2 is 1.83 bits per heavy atom. The SMILES string of the molecule is COCC(=O)CC1CCC(CCN2CCC(c3cccc4occc34)CC2)CC1. The molecule has 1 saturated carbocycles. The molecule has 0 bridgehead atoms. The van der Waals surface area contributed by atoms with E-state index >= 15 is 0 Å². The number of ether oxygens (including phenoxy) is 1. The number of ketones is 1. The highest BCUT2D eigenvalue weighted by atomic mass is 16.5. The number of methoxy groups -OCH3 is 1. The number of carbonyl (C=O) groups is 1. The zero-order valence-electron chi connectivity index (χ0n) is 17.8. The van der Waals surface area contributed by atoms with Crippen LogP contribution in [0.5, 0.6) is 0 Å². The minimum atomic E-state index is 0.268. The molecule has 2 aliphatic rings. The van der Waals surface area contributed by atoms with Crippen molar-refractivity contribution in [1.82, 2.24) is 4.90 Å². The molecule has 2 aromatic rings. The average molecular weight is 398 g/mol. The van der Waals surface area contributed by atoms with E-state index in [-0.39, 0.29) is 12.4 Å². The van der Waals surface area contributed by atoms with Crippen molar-refractivity contribution in [2.45, 2.75) is 57.3 Å². The fourth-order valence-corrected chi connectivity index (χ4v) is 5.47. The Hall–Kier alpha value is -1.65. The molecular formula is C25H35NO3. The molecule has 0 N–H and O–H groups in total. The fraction of sp³-hybridized carbons (Fsp3) is 0.640. The minimum Gasteiger partial charge on any atom is -0.464 e. The van der Waals surface area contributed by atoms with Gasteiger partial charge in [-0.05, 0) is 87.2 Å². The summed E-state index contributed by atoms with van der Waals surface area (Å²) in [6.45, 7) is 3.94. The third-order valence-corrected chi connectivity index (χ3v) is 7.20. The van der Waals surface area contributed by atoms with Crippen molar-refractivity contribution in [1.29, 1.82) is 0 Å². The van der Waals surface area contributed by atoms with Gasteiger partial charge >= 0.3 is 0 Å². The summed E-state index contributed by atoms with van der Waals surface area (Å²) < 4.78 is 10.5. The van der Waals surface area contributed by atoms with E-state index in [0.29, 0.717) is 11.8 Å². The van der Waals surface area contributed by atoms with Crippen LogP contribution < -0.4 is 0 Å². The van der Waals surface area contributed by atoms with Crippen LogP contribution in [0, 0.1) is 11.8 Å². The summed E-state index contributed by atoms with van der Waals surface area (Å²) in [6, 6.07) is 8.60. The number of furan rings is 1. The second-order valence-corrected chi connectivity index (χ2v) is 9.15. The van der Waals surface area contributed by atoms with Crippen LogP contribution in [0.15, 0.2) is 34.9 Å². The number of benzene rings is 1. The molecular weight excluding hydrogens is 362 g/mol. The molecule has 1 aromatic heterocycles. The number of piperidine rings is 1. The van der Waals surface area contributed by atoms with Gasteiger partial charge in [0.1, 0.15) is 12.2 Å². The van der Waals surface area contributed by atoms with E-state index < -0.39 is 0 Å². The summed E-state index contributed by atoms with van der Waals surface area (Å²) in [6.07, 6.45) is 11.4. The van der Waals surface area contributed by atoms with Gasteiger partial charge in [0, 0.05) is 18.9 Å². The Morgan fingerprint density at radius 3 is 2.59 bits per heavy atom. The molecule has 158 valence electrons. The van der Waals surface area contributed by atoms with Crippen LogP contribution in [-0.2, 0) is 9.53 Å². The first-order valence-electron chi connectivity index (χ1n) is 11.4. The second kappa shape index (κ2) is 9.90. The monoisotopic (exact) mass is 397 g/mol. The van der Waals surface area contributed by atoms with Crippen LogP contribution in [0.2, 0.25) is 0 Å². The molecule has 2 fully saturated rings. The van der Waals surface area contributed by atoms with E-state index in [0.717, 1.165) is 17.9 Å². The summed E-state index contributed by atoms with van der Waals surface area (Å²) in [5.74, 6) is 2.37. The van der Waals surface area contributed by atoms with Crippen LogP contribution in [0.3, 0.4) is 0 Å². The van der Waals surface area contributed by atoms with Crippen LogP contribution in [0.1, 0.15) is 62.8 Å². The van der Waals surface area contributed by atoms with Gasteiger partial charge in [-0.1, -0.05) is 25.0 Å². The summed E-state index contributed by atoms with van der Waals surface area (Å²) in [4.78, 5) is 14.4. The highest BCUT2D eigenvalue weighted by Crippen LogP contribution is 2.35. The zero-order chi connectivity index (χ0) is 20.1. The van der Waals surface area contributed by atoms with E-state index in [4.69, 9.17) is 9.15 Å². The molecule has 29 heavy (non-hydrogen) atoms. The lowest BCUT2D eigenvalue weighted by Crippen LogP contribution is -2.34. The lowest BCUT2D eigenvalue weighted by Gasteiger charge is -2.34. The van der Waals surface area contributed by atoms with Crippen LogP contribution >= 0.6 is 0 Å². The van der Waals surface area contributed by atoms with Crippen molar-refractivity contribution in [2.24, 2.45) is 11.8 Å². The second-order valence-electron chi connectivity index (χ2n) is 9.15. The highest BCUT2D eigenvalue weighted by molar-refractivity contribution is 5.81. The maximum Gasteiger partial charge on any atom is 0.158 e. The molecule has 0 unspecified atom stereocenters. The first kappa shape index (κ1) is 20.6. The molecule has 1 aliphatic heterocycles. The first-order valence-corrected chi connectivity index (χ1v) is 11.4. The summed E-state index contributed by atoms with van der Waals surface area (Å²) in [5.41, 5.74) is 2.49. The van der Waals surface area contributed by atoms with Crippen LogP contribution in [0.4, 0.5) is 0 Å². The summed E-state index contributed by atoms with van der Waals surface area (Å²) in [5, 5.41) is 1.30. The minimum absolute atomic E-state index is 0.268. The Labute approximate surface area is 174 Å². The van der Waals surface area contributed by atoms with Gasteiger partial charge in [-0.15, -0.1) is 0 Å². The van der Waals surface area contributed by atoms with Crippen LogP contribution in [-0.4, -0.2) is 44.0 Å². The maximum absolute atomic E-state index is 11.8. The van der Waals surface area contributed by atoms with Crippen molar-refractivity contribution < 1.29 is 13.9 Å². The number of hydrogen-bond acceptors (Lipinski definition) is 4. The van der Waals surface area contributed by atoms with Gasteiger partial charge in [0.05, 0.1) is 6.26 Å². The lowest BCUT2D eigenvalue weighted by molar-refractivity contribution is -0.123. The number of Topliss-reactive ketones (excluding diaryl/α,β-unsaturated/α-hetero) is 1. The van der Waals surface area contributed by atoms with Gasteiger partial charge in [0.2, 0.25) is 0 Å². The third-order valence-electron chi connectivity index (χ3n) is 7.20. The topological polar surface area (TPSA) is 42.7 Å². The number of likely N-dealkylation sites (tertiary alicyclic amines) is 1. The molecule has 4 nitrogen and oxygen atoms in total. The molecule has 4 heteroatoms. The van der Waals surface area contributed by atoms with Gasteiger partial charge < -0.3 is 14.1 Å². The molecule has 0 spiro atoms. The van der Waals surface area contributed by atoms with Gasteiger partial charge in [-0.3, -0.25) is 4.79 Å². The molecule has 1 aliphatic carbocycles. The lowest BCUT2D eigenvalue weighted by atomic mass is 9.78. The van der Waals surface area contributed by atoms with Gasteiger partial charge in [-0.25, -0.2) is 0 Å². The average Bonchev–Trinajstić information content (AvgIpc) is 3.23. The van der Waals surface area contributed by atoms with E-state index in [9.17, 15) is 4.79 Å². The normalized spacial score (nSPS) is 24.2. The Morgan fingerprint density at radius 1 is 1.07 bits per heavy atom. The predicted octanol–water partition coefficient (Wildman–Crippen LogP) is 5.41. The van der Waals surface area contributed by atoms with Crippen molar-refractivity contribution in [3.05, 3.63) is 36.1 Å². The quantitative estimate of drug-likeness (QED) is 0.597. The van der Waals surface area contributed by atoms with E-state index in [1.54, 1.807) is 7.11 Å². The molecule has 1 saturated heterocycles. The maximum atomic E-state index is 11.8. The van der Waals surface area contributed by atoms with Crippen LogP contribution in [0.25, 0.3) is 11.0 Å². The van der Waals surface area contributed by atoms with E-state index in [1.807, 2.05) is 6.26 Å². The van der Waals surface area contributed by atoms with Crippen molar-refractivity contribution in [3.8, 4) is 0 Å². The van der Waals surface area contributed by atoms with Gasteiger partial charge in [0.25, 0.3) is 0 Å². The Bertz CT molecular complexity index is 782. The Balaban J connectivity index is 1.17. The zero-order valence-corrected chi connectivity index (χ0v) is 17.8. The summed E-state index contributed by atoms with van der Waals surface area (Å²) >= 11 is 0. The smallest absolute Gasteiger partial charge is 0.158 e. The predicted molar refractivity (Wildman–Crippen MR) is 116 cm³/mol. The third kappa shape index (κ3) is 5.29. The number of hydrogen-bond donors (Lipinski definition) is 0. The van der Waals surface area contributed by atoms with Crippen molar-refractivity contribution >= 4 is 16.8 Å². The molecule has 4 rings (SSSR count). The van der Waals surface area contributed by atoms with Gasteiger partial charge in [0.15, 0.2) is 5.78 Å². The number of nitrogens with zero attached hydrogens (tertiary/aromatic N) is 1. The molecule has 1 aromatic carbocycles. The van der Waals surface area contributed by atoms with Crippen molar-refractivity contribution in [2.75, 3.05) is 33.4 Å². The van der Waals surface area contributed by atoms with E-state index in [1.165, 1.54) is 75.5 Å². The molecule has 0 radical (unpaired) electrons. The molecule has 0 atom stereocenters. The highest BCUT2D eigenvalue weighted by Gasteiger charge is 2.25. The largest absolute Gasteiger partial charge is 0.464 e. The fourth-order valence-electron chi connectivity index (χ4n) is 5.47. The number of carbonyl (C=O) groups excluding carboxylic acids is 1. The van der Waals surface area contributed by atoms with Gasteiger partial charge in [-0.2, -0.15) is 0 Å². The standard InChI is InChI=1S/C25H35NO3/c1-28-18-22(27)17-20-7-5-19(6-8-20)9-13-26-14-10-21(11-15-26)23-3-2-4-25-24(23)12-16-29-25/h2-4,12,16,19-21H,5-11,13-15,17-18H2,1H3. The first-order chi connectivity index (χ1) is 14.2. The Kier molecular flexibility index (Phi) is 7.04. The number of fused-ring (bicyclic) bond motifs is 1. The molecule has 2 heterocycles.